The Morgan fingerprint density at radius 1 is 0.577 bits per heavy atom. The van der Waals surface area contributed by atoms with Crippen molar-refractivity contribution in [2.24, 2.45) is 20.5 Å². The van der Waals surface area contributed by atoms with E-state index in [1.807, 2.05) is 63.2 Å². The molecule has 5 heteroatoms. The average molecular weight is 344 g/mol. The van der Waals surface area contributed by atoms with Gasteiger partial charge in [0.25, 0.3) is 0 Å². The van der Waals surface area contributed by atoms with Crippen LogP contribution in [-0.2, 0) is 0 Å². The van der Waals surface area contributed by atoms with Gasteiger partial charge in [-0.2, -0.15) is 20.5 Å². The average Bonchev–Trinajstić information content (AvgIpc) is 2.63. The number of azo groups is 2. The fourth-order valence-corrected chi connectivity index (χ4v) is 2.41. The van der Waals surface area contributed by atoms with E-state index < -0.39 is 0 Å². The van der Waals surface area contributed by atoms with Crippen molar-refractivity contribution in [1.82, 2.24) is 0 Å². The van der Waals surface area contributed by atoms with Crippen LogP contribution in [0, 0.1) is 20.8 Å². The predicted octanol–water partition coefficient (Wildman–Crippen LogP) is 7.15. The zero-order valence-corrected chi connectivity index (χ0v) is 15.0. The van der Waals surface area contributed by atoms with E-state index in [0.717, 1.165) is 33.8 Å². The molecule has 130 valence electrons. The monoisotopic (exact) mass is 344 g/mol. The van der Waals surface area contributed by atoms with Crippen LogP contribution in [0.4, 0.5) is 22.7 Å². The number of aromatic hydroxyl groups is 1. The Balaban J connectivity index is 1.78. The van der Waals surface area contributed by atoms with E-state index in [1.165, 1.54) is 0 Å². The zero-order valence-electron chi connectivity index (χ0n) is 15.0. The maximum atomic E-state index is 9.56. The number of rotatable bonds is 4. The highest BCUT2D eigenvalue weighted by molar-refractivity contribution is 5.54. The van der Waals surface area contributed by atoms with Gasteiger partial charge in [-0.1, -0.05) is 18.2 Å². The molecule has 0 aliphatic heterocycles. The van der Waals surface area contributed by atoms with Crippen LogP contribution < -0.4 is 0 Å². The molecule has 0 spiro atoms. The van der Waals surface area contributed by atoms with Crippen molar-refractivity contribution in [3.63, 3.8) is 0 Å². The van der Waals surface area contributed by atoms with Crippen LogP contribution in [0.3, 0.4) is 0 Å². The fourth-order valence-electron chi connectivity index (χ4n) is 2.41. The van der Waals surface area contributed by atoms with E-state index in [0.29, 0.717) is 5.69 Å². The Bertz CT molecular complexity index is 993. The first-order valence-corrected chi connectivity index (χ1v) is 8.32. The van der Waals surface area contributed by atoms with E-state index in [-0.39, 0.29) is 5.75 Å². The summed E-state index contributed by atoms with van der Waals surface area (Å²) in [5.41, 5.74) is 5.91. The van der Waals surface area contributed by atoms with Gasteiger partial charge < -0.3 is 5.11 Å². The van der Waals surface area contributed by atoms with Crippen molar-refractivity contribution in [3.8, 4) is 5.75 Å². The van der Waals surface area contributed by atoms with Crippen molar-refractivity contribution >= 4 is 22.7 Å². The third-order valence-corrected chi connectivity index (χ3v) is 4.02. The summed E-state index contributed by atoms with van der Waals surface area (Å²) in [5, 5.41) is 26.7. The number of hydrogen-bond donors (Lipinski definition) is 1. The number of nitrogens with zero attached hydrogens (tertiary/aromatic N) is 4. The molecule has 0 fully saturated rings. The van der Waals surface area contributed by atoms with Crippen LogP contribution in [0.25, 0.3) is 0 Å². The summed E-state index contributed by atoms with van der Waals surface area (Å²) in [5.74, 6) is 0.253. The molecular weight excluding hydrogens is 324 g/mol. The molecule has 0 aromatic heterocycles. The number of hydrogen-bond acceptors (Lipinski definition) is 5. The molecule has 0 radical (unpaired) electrons. The van der Waals surface area contributed by atoms with Gasteiger partial charge >= 0.3 is 0 Å². The summed E-state index contributed by atoms with van der Waals surface area (Å²) >= 11 is 0. The van der Waals surface area contributed by atoms with Crippen LogP contribution >= 0.6 is 0 Å². The summed E-state index contributed by atoms with van der Waals surface area (Å²) in [4.78, 5) is 0. The number of phenols is 1. The summed E-state index contributed by atoms with van der Waals surface area (Å²) < 4.78 is 0. The van der Waals surface area contributed by atoms with Crippen molar-refractivity contribution in [2.75, 3.05) is 0 Å². The maximum Gasteiger partial charge on any atom is 0.118 e. The lowest BCUT2D eigenvalue weighted by molar-refractivity contribution is 0.471. The molecule has 0 unspecified atom stereocenters. The van der Waals surface area contributed by atoms with Crippen molar-refractivity contribution < 1.29 is 5.11 Å². The van der Waals surface area contributed by atoms with Gasteiger partial charge in [0.1, 0.15) is 5.75 Å². The lowest BCUT2D eigenvalue weighted by Crippen LogP contribution is -1.75. The van der Waals surface area contributed by atoms with E-state index in [2.05, 4.69) is 20.5 Å². The Kier molecular flexibility index (Phi) is 5.17. The van der Waals surface area contributed by atoms with Gasteiger partial charge in [-0.25, -0.2) is 0 Å². The number of aryl methyl sites for hydroxylation is 3. The Morgan fingerprint density at radius 3 is 1.77 bits per heavy atom. The second-order valence-corrected chi connectivity index (χ2v) is 6.13. The van der Waals surface area contributed by atoms with Crippen LogP contribution in [0.15, 0.2) is 81.1 Å². The van der Waals surface area contributed by atoms with E-state index in [9.17, 15) is 5.11 Å². The molecule has 3 aromatic rings. The highest BCUT2D eigenvalue weighted by atomic mass is 16.3. The molecule has 5 nitrogen and oxygen atoms in total. The lowest BCUT2D eigenvalue weighted by atomic mass is 10.2. The molecule has 0 bridgehead atoms. The maximum absolute atomic E-state index is 9.56. The predicted molar refractivity (Wildman–Crippen MR) is 104 cm³/mol. The first kappa shape index (κ1) is 17.5. The molecule has 0 aliphatic rings. The Labute approximate surface area is 152 Å². The van der Waals surface area contributed by atoms with Crippen molar-refractivity contribution in [1.29, 1.82) is 0 Å². The molecule has 3 rings (SSSR count). The largest absolute Gasteiger partial charge is 0.508 e. The van der Waals surface area contributed by atoms with E-state index in [1.54, 1.807) is 18.2 Å². The first-order chi connectivity index (χ1) is 12.5. The van der Waals surface area contributed by atoms with Crippen molar-refractivity contribution in [3.05, 3.63) is 77.4 Å². The highest BCUT2D eigenvalue weighted by Crippen LogP contribution is 2.29. The quantitative estimate of drug-likeness (QED) is 0.502. The Morgan fingerprint density at radius 2 is 1.15 bits per heavy atom. The molecule has 0 saturated heterocycles. The molecular formula is C21H20N4O. The lowest BCUT2D eigenvalue weighted by Gasteiger charge is -2.02. The van der Waals surface area contributed by atoms with Gasteiger partial charge in [0.05, 0.1) is 22.7 Å². The van der Waals surface area contributed by atoms with Crippen molar-refractivity contribution in [2.45, 2.75) is 20.8 Å². The Hall–Kier alpha value is -3.34. The molecule has 26 heavy (non-hydrogen) atoms. The second-order valence-electron chi connectivity index (χ2n) is 6.13. The number of benzene rings is 3. The van der Waals surface area contributed by atoms with Crippen LogP contribution in [0.1, 0.15) is 16.7 Å². The number of phenolic OH excluding ortho intramolecular Hbond substituents is 1. The fraction of sp³-hybridized carbons (Fsp3) is 0.143. The minimum atomic E-state index is 0.253. The molecule has 3 aromatic carbocycles. The molecule has 0 heterocycles. The van der Waals surface area contributed by atoms with Gasteiger partial charge in [-0.3, -0.25) is 0 Å². The van der Waals surface area contributed by atoms with Gasteiger partial charge in [-0.15, -0.1) is 0 Å². The molecule has 0 saturated carbocycles. The smallest absolute Gasteiger partial charge is 0.118 e. The third-order valence-electron chi connectivity index (χ3n) is 4.02. The van der Waals surface area contributed by atoms with Gasteiger partial charge in [0.2, 0.25) is 0 Å². The minimum Gasteiger partial charge on any atom is -0.508 e. The SMILES string of the molecule is Cc1cc(N=Nc2ccc(N=Nc3ccccc3C)cc2C)ccc1O. The van der Waals surface area contributed by atoms with Gasteiger partial charge in [0.15, 0.2) is 0 Å². The summed E-state index contributed by atoms with van der Waals surface area (Å²) in [7, 11) is 0. The molecule has 0 amide bonds. The summed E-state index contributed by atoms with van der Waals surface area (Å²) in [6.07, 6.45) is 0. The molecule has 0 aliphatic carbocycles. The summed E-state index contributed by atoms with van der Waals surface area (Å²) in [6, 6.07) is 18.7. The standard InChI is InChI=1S/C21H20N4O/c1-14-6-4-5-7-19(14)24-22-17-8-10-20(15(2)12-17)25-23-18-9-11-21(26)16(3)13-18/h4-13,26H,1-3H3. The first-order valence-electron chi connectivity index (χ1n) is 8.32. The van der Waals surface area contributed by atoms with Crippen LogP contribution in [-0.4, -0.2) is 5.11 Å². The van der Waals surface area contributed by atoms with Gasteiger partial charge in [-0.05, 0) is 79.9 Å². The summed E-state index contributed by atoms with van der Waals surface area (Å²) in [6.45, 7) is 5.80. The van der Waals surface area contributed by atoms with E-state index >= 15 is 0 Å². The molecule has 0 atom stereocenters. The van der Waals surface area contributed by atoms with Crippen LogP contribution in [0.2, 0.25) is 0 Å². The third kappa shape index (κ3) is 4.19. The minimum absolute atomic E-state index is 0.253. The zero-order chi connectivity index (χ0) is 18.5. The highest BCUT2D eigenvalue weighted by Gasteiger charge is 2.01. The van der Waals surface area contributed by atoms with Gasteiger partial charge in [0, 0.05) is 0 Å². The molecule has 1 N–H and O–H groups in total. The van der Waals surface area contributed by atoms with Crippen LogP contribution in [0.5, 0.6) is 5.75 Å². The normalized spacial score (nSPS) is 11.5. The van der Waals surface area contributed by atoms with E-state index in [4.69, 9.17) is 0 Å². The second kappa shape index (κ2) is 7.70. The topological polar surface area (TPSA) is 69.7 Å².